The minimum absolute atomic E-state index is 0.0627. The van der Waals surface area contributed by atoms with E-state index >= 15 is 0 Å². The van der Waals surface area contributed by atoms with Crippen molar-refractivity contribution in [2.24, 2.45) is 0 Å². The summed E-state index contributed by atoms with van der Waals surface area (Å²) < 4.78 is 43.5. The van der Waals surface area contributed by atoms with Gasteiger partial charge in [0.2, 0.25) is 0 Å². The highest BCUT2D eigenvalue weighted by Crippen LogP contribution is 2.51. The van der Waals surface area contributed by atoms with Gasteiger partial charge in [0.05, 0.1) is 18.4 Å². The standard InChI is InChI=1S/C12H12F3NO3/c1-19-7-2-3-8(10(17)18)9(6-7)16-11(4-5-11)12(13,14)15/h2-3,6,16H,4-5H2,1H3,(H,17,18). The van der Waals surface area contributed by atoms with Gasteiger partial charge in [-0.15, -0.1) is 0 Å². The summed E-state index contributed by atoms with van der Waals surface area (Å²) >= 11 is 0. The normalized spacial score (nSPS) is 16.8. The van der Waals surface area contributed by atoms with Crippen molar-refractivity contribution in [2.75, 3.05) is 12.4 Å². The van der Waals surface area contributed by atoms with Crippen LogP contribution in [-0.4, -0.2) is 29.9 Å². The van der Waals surface area contributed by atoms with Crippen LogP contribution in [0.25, 0.3) is 0 Å². The lowest BCUT2D eigenvalue weighted by Crippen LogP contribution is -2.39. The highest BCUT2D eigenvalue weighted by atomic mass is 19.4. The fourth-order valence-corrected chi connectivity index (χ4v) is 1.80. The van der Waals surface area contributed by atoms with Crippen LogP contribution in [0.3, 0.4) is 0 Å². The van der Waals surface area contributed by atoms with Gasteiger partial charge in [-0.1, -0.05) is 0 Å². The van der Waals surface area contributed by atoms with Gasteiger partial charge in [-0.05, 0) is 25.0 Å². The van der Waals surface area contributed by atoms with Gasteiger partial charge >= 0.3 is 12.1 Å². The number of carboxylic acid groups (broad SMARTS) is 1. The number of rotatable bonds is 4. The van der Waals surface area contributed by atoms with E-state index in [9.17, 15) is 18.0 Å². The lowest BCUT2D eigenvalue weighted by atomic mass is 10.1. The number of anilines is 1. The van der Waals surface area contributed by atoms with Crippen LogP contribution in [0.1, 0.15) is 23.2 Å². The first-order valence-electron chi connectivity index (χ1n) is 5.55. The zero-order chi connectivity index (χ0) is 14.3. The molecule has 2 N–H and O–H groups in total. The van der Waals surface area contributed by atoms with Gasteiger partial charge in [-0.25, -0.2) is 4.79 Å². The predicted octanol–water partition coefficient (Wildman–Crippen LogP) is 2.90. The third-order valence-electron chi connectivity index (χ3n) is 3.12. The number of nitrogens with one attached hydrogen (secondary N) is 1. The van der Waals surface area contributed by atoms with E-state index in [2.05, 4.69) is 5.32 Å². The number of aromatic carboxylic acids is 1. The Bertz CT molecular complexity index is 509. The van der Waals surface area contributed by atoms with Gasteiger partial charge in [0, 0.05) is 6.07 Å². The SMILES string of the molecule is COc1ccc(C(=O)O)c(NC2(C(F)(F)F)CC2)c1. The smallest absolute Gasteiger partial charge is 0.411 e. The molecule has 0 aliphatic heterocycles. The fourth-order valence-electron chi connectivity index (χ4n) is 1.80. The molecule has 0 aromatic heterocycles. The Kier molecular flexibility index (Phi) is 3.07. The van der Waals surface area contributed by atoms with Gasteiger partial charge in [-0.2, -0.15) is 13.2 Å². The van der Waals surface area contributed by atoms with E-state index in [1.54, 1.807) is 0 Å². The molecule has 1 saturated carbocycles. The van der Waals surface area contributed by atoms with Gasteiger partial charge in [0.1, 0.15) is 11.3 Å². The van der Waals surface area contributed by atoms with E-state index in [0.717, 1.165) is 0 Å². The second-order valence-electron chi connectivity index (χ2n) is 4.42. The molecular formula is C12H12F3NO3. The van der Waals surface area contributed by atoms with Crippen molar-refractivity contribution in [3.63, 3.8) is 0 Å². The van der Waals surface area contributed by atoms with Crippen LogP contribution < -0.4 is 10.1 Å². The highest BCUT2D eigenvalue weighted by molar-refractivity contribution is 5.94. The van der Waals surface area contributed by atoms with Crippen LogP contribution in [-0.2, 0) is 0 Å². The molecule has 0 saturated heterocycles. The molecule has 0 spiro atoms. The molecule has 7 heteroatoms. The lowest BCUT2D eigenvalue weighted by molar-refractivity contribution is -0.151. The first-order chi connectivity index (χ1) is 8.79. The minimum atomic E-state index is -4.41. The topological polar surface area (TPSA) is 58.6 Å². The lowest BCUT2D eigenvalue weighted by Gasteiger charge is -2.23. The van der Waals surface area contributed by atoms with Crippen molar-refractivity contribution in [1.29, 1.82) is 0 Å². The largest absolute Gasteiger partial charge is 0.497 e. The zero-order valence-corrected chi connectivity index (χ0v) is 10.0. The van der Waals surface area contributed by atoms with Crippen LogP contribution in [0.4, 0.5) is 18.9 Å². The molecule has 0 radical (unpaired) electrons. The monoisotopic (exact) mass is 275 g/mol. The maximum atomic E-state index is 12.9. The minimum Gasteiger partial charge on any atom is -0.497 e. The maximum Gasteiger partial charge on any atom is 0.411 e. The molecule has 19 heavy (non-hydrogen) atoms. The maximum absolute atomic E-state index is 12.9. The molecule has 104 valence electrons. The number of hydrogen-bond donors (Lipinski definition) is 2. The fraction of sp³-hybridized carbons (Fsp3) is 0.417. The number of benzene rings is 1. The molecule has 4 nitrogen and oxygen atoms in total. The number of halogens is 3. The molecule has 0 atom stereocenters. The number of hydrogen-bond acceptors (Lipinski definition) is 3. The zero-order valence-electron chi connectivity index (χ0n) is 10.0. The number of methoxy groups -OCH3 is 1. The van der Waals surface area contributed by atoms with Crippen LogP contribution >= 0.6 is 0 Å². The van der Waals surface area contributed by atoms with Gasteiger partial charge in [-0.3, -0.25) is 0 Å². The summed E-state index contributed by atoms with van der Waals surface area (Å²) in [6.07, 6.45) is -4.54. The molecule has 0 amide bonds. The molecule has 1 aliphatic rings. The summed E-state index contributed by atoms with van der Waals surface area (Å²) in [5, 5.41) is 11.3. The molecule has 1 aromatic rings. The van der Waals surface area contributed by atoms with Crippen molar-refractivity contribution in [3.8, 4) is 5.75 Å². The third-order valence-corrected chi connectivity index (χ3v) is 3.12. The Morgan fingerprint density at radius 1 is 1.42 bits per heavy atom. The van der Waals surface area contributed by atoms with E-state index in [-0.39, 0.29) is 24.1 Å². The summed E-state index contributed by atoms with van der Waals surface area (Å²) in [4.78, 5) is 11.0. The summed E-state index contributed by atoms with van der Waals surface area (Å²) in [6.45, 7) is 0. The van der Waals surface area contributed by atoms with Crippen molar-refractivity contribution in [3.05, 3.63) is 23.8 Å². The molecule has 1 aliphatic carbocycles. The Morgan fingerprint density at radius 2 is 2.05 bits per heavy atom. The average molecular weight is 275 g/mol. The second-order valence-corrected chi connectivity index (χ2v) is 4.42. The summed E-state index contributed by atoms with van der Waals surface area (Å²) in [7, 11) is 1.36. The number of carbonyl (C=O) groups is 1. The Balaban J connectivity index is 2.36. The third kappa shape index (κ3) is 2.45. The predicted molar refractivity (Wildman–Crippen MR) is 61.6 cm³/mol. The van der Waals surface area contributed by atoms with Crippen molar-refractivity contribution >= 4 is 11.7 Å². The van der Waals surface area contributed by atoms with Gasteiger partial charge in [0.15, 0.2) is 0 Å². The molecule has 2 rings (SSSR count). The molecule has 1 aromatic carbocycles. The summed E-state index contributed by atoms with van der Waals surface area (Å²) in [6, 6.07) is 3.87. The van der Waals surface area contributed by atoms with Crippen molar-refractivity contribution in [1.82, 2.24) is 0 Å². The molecular weight excluding hydrogens is 263 g/mol. The highest BCUT2D eigenvalue weighted by Gasteiger charge is 2.63. The van der Waals surface area contributed by atoms with Crippen LogP contribution in [0.2, 0.25) is 0 Å². The Hall–Kier alpha value is -1.92. The van der Waals surface area contributed by atoms with Gasteiger partial charge < -0.3 is 15.2 Å². The second kappa shape index (κ2) is 4.32. The first kappa shape index (κ1) is 13.5. The van der Waals surface area contributed by atoms with Crippen LogP contribution in [0, 0.1) is 0 Å². The van der Waals surface area contributed by atoms with E-state index < -0.39 is 17.7 Å². The molecule has 0 heterocycles. The number of carboxylic acids is 1. The average Bonchev–Trinajstić information content (AvgIpc) is 3.08. The van der Waals surface area contributed by atoms with Crippen LogP contribution in [0.15, 0.2) is 18.2 Å². The Labute approximate surface area is 107 Å². The van der Waals surface area contributed by atoms with E-state index in [1.165, 1.54) is 25.3 Å². The summed E-state index contributed by atoms with van der Waals surface area (Å²) in [5.74, 6) is -0.992. The molecule has 1 fully saturated rings. The van der Waals surface area contributed by atoms with Crippen LogP contribution in [0.5, 0.6) is 5.75 Å². The number of alkyl halides is 3. The molecule has 0 unspecified atom stereocenters. The molecule has 0 bridgehead atoms. The quantitative estimate of drug-likeness (QED) is 0.887. The van der Waals surface area contributed by atoms with E-state index in [0.29, 0.717) is 5.75 Å². The van der Waals surface area contributed by atoms with E-state index in [4.69, 9.17) is 9.84 Å². The summed E-state index contributed by atoms with van der Waals surface area (Å²) in [5.41, 5.74) is -2.30. The number of ether oxygens (including phenoxy) is 1. The van der Waals surface area contributed by atoms with Gasteiger partial charge in [0.25, 0.3) is 0 Å². The van der Waals surface area contributed by atoms with E-state index in [1.807, 2.05) is 0 Å². The van der Waals surface area contributed by atoms with Crippen molar-refractivity contribution < 1.29 is 27.8 Å². The Morgan fingerprint density at radius 3 is 2.47 bits per heavy atom. The van der Waals surface area contributed by atoms with Crippen molar-refractivity contribution in [2.45, 2.75) is 24.6 Å². The first-order valence-corrected chi connectivity index (χ1v) is 5.55.